The number of ether oxygens (including phenoxy) is 1. The molecule has 1 aromatic carbocycles. The van der Waals surface area contributed by atoms with Gasteiger partial charge in [0, 0.05) is 30.1 Å². The van der Waals surface area contributed by atoms with Crippen LogP contribution in [0.4, 0.5) is 0 Å². The van der Waals surface area contributed by atoms with Crippen molar-refractivity contribution in [1.29, 1.82) is 0 Å². The van der Waals surface area contributed by atoms with Crippen molar-refractivity contribution in [2.45, 2.75) is 12.5 Å². The Morgan fingerprint density at radius 2 is 2.23 bits per heavy atom. The molecule has 1 amide bonds. The minimum atomic E-state index is 0.0253. The predicted octanol–water partition coefficient (Wildman–Crippen LogP) is 2.47. The topological polar surface area (TPSA) is 41.6 Å². The summed E-state index contributed by atoms with van der Waals surface area (Å²) in [5, 5.41) is 5.39. The van der Waals surface area contributed by atoms with Crippen LogP contribution in [0.2, 0.25) is 0 Å². The smallest absolute Gasteiger partial charge is 0.228 e. The molecular formula is C17H20N2O2S. The zero-order valence-electron chi connectivity index (χ0n) is 12.6. The molecular weight excluding hydrogens is 296 g/mol. The summed E-state index contributed by atoms with van der Waals surface area (Å²) in [6.45, 7) is 2.32. The maximum absolute atomic E-state index is 12.7. The van der Waals surface area contributed by atoms with Crippen molar-refractivity contribution in [2.24, 2.45) is 0 Å². The molecule has 4 nitrogen and oxygen atoms in total. The van der Waals surface area contributed by atoms with Gasteiger partial charge in [-0.2, -0.15) is 0 Å². The highest BCUT2D eigenvalue weighted by molar-refractivity contribution is 7.10. The molecule has 0 radical (unpaired) electrons. The summed E-state index contributed by atoms with van der Waals surface area (Å²) in [5.41, 5.74) is 1.07. The SMILES string of the molecule is COc1ccccc1[C@@H]1CNCCN1C(=O)Cc1cccs1. The van der Waals surface area contributed by atoms with E-state index in [0.29, 0.717) is 6.42 Å². The molecule has 2 heterocycles. The molecule has 1 saturated heterocycles. The van der Waals surface area contributed by atoms with Gasteiger partial charge in [0.1, 0.15) is 5.75 Å². The number of carbonyl (C=O) groups is 1. The molecule has 116 valence electrons. The van der Waals surface area contributed by atoms with E-state index >= 15 is 0 Å². The number of thiophene rings is 1. The molecule has 0 bridgehead atoms. The summed E-state index contributed by atoms with van der Waals surface area (Å²) in [7, 11) is 1.67. The second-order valence-electron chi connectivity index (χ2n) is 5.31. The second kappa shape index (κ2) is 6.94. The first-order valence-electron chi connectivity index (χ1n) is 7.45. The average Bonchev–Trinajstić information content (AvgIpc) is 3.07. The van der Waals surface area contributed by atoms with Crippen molar-refractivity contribution >= 4 is 17.2 Å². The average molecular weight is 316 g/mol. The van der Waals surface area contributed by atoms with Crippen LogP contribution >= 0.6 is 11.3 Å². The van der Waals surface area contributed by atoms with Crippen molar-refractivity contribution in [2.75, 3.05) is 26.7 Å². The van der Waals surface area contributed by atoms with Gasteiger partial charge in [-0.05, 0) is 17.5 Å². The van der Waals surface area contributed by atoms with E-state index in [1.165, 1.54) is 0 Å². The largest absolute Gasteiger partial charge is 0.496 e. The maximum atomic E-state index is 12.7. The van der Waals surface area contributed by atoms with E-state index < -0.39 is 0 Å². The highest BCUT2D eigenvalue weighted by Gasteiger charge is 2.29. The van der Waals surface area contributed by atoms with Crippen LogP contribution in [0.1, 0.15) is 16.5 Å². The van der Waals surface area contributed by atoms with Gasteiger partial charge in [0.15, 0.2) is 0 Å². The number of rotatable bonds is 4. The van der Waals surface area contributed by atoms with E-state index in [0.717, 1.165) is 35.8 Å². The molecule has 22 heavy (non-hydrogen) atoms. The third-order valence-corrected chi connectivity index (χ3v) is 4.84. The van der Waals surface area contributed by atoms with Gasteiger partial charge < -0.3 is 15.0 Å². The number of hydrogen-bond donors (Lipinski definition) is 1. The van der Waals surface area contributed by atoms with Crippen LogP contribution in [-0.4, -0.2) is 37.6 Å². The summed E-state index contributed by atoms with van der Waals surface area (Å²) in [4.78, 5) is 15.8. The number of benzene rings is 1. The minimum absolute atomic E-state index is 0.0253. The van der Waals surface area contributed by atoms with Gasteiger partial charge in [-0.3, -0.25) is 4.79 Å². The van der Waals surface area contributed by atoms with Gasteiger partial charge in [-0.1, -0.05) is 24.3 Å². The van der Waals surface area contributed by atoms with Gasteiger partial charge in [-0.15, -0.1) is 11.3 Å². The summed E-state index contributed by atoms with van der Waals surface area (Å²) in [6, 6.07) is 12.0. The summed E-state index contributed by atoms with van der Waals surface area (Å²) in [6.07, 6.45) is 0.476. The normalized spacial score (nSPS) is 18.2. The zero-order valence-corrected chi connectivity index (χ0v) is 13.4. The van der Waals surface area contributed by atoms with Crippen LogP contribution in [-0.2, 0) is 11.2 Å². The summed E-state index contributed by atoms with van der Waals surface area (Å²) >= 11 is 1.63. The molecule has 1 N–H and O–H groups in total. The number of para-hydroxylation sites is 1. The van der Waals surface area contributed by atoms with Gasteiger partial charge in [0.05, 0.1) is 19.6 Å². The lowest BCUT2D eigenvalue weighted by atomic mass is 10.0. The van der Waals surface area contributed by atoms with E-state index in [4.69, 9.17) is 4.74 Å². The Bertz CT molecular complexity index is 627. The van der Waals surface area contributed by atoms with E-state index in [2.05, 4.69) is 5.32 Å². The number of carbonyl (C=O) groups excluding carboxylic acids is 1. The second-order valence-corrected chi connectivity index (χ2v) is 6.34. The van der Waals surface area contributed by atoms with Gasteiger partial charge in [-0.25, -0.2) is 0 Å². The molecule has 0 spiro atoms. The van der Waals surface area contributed by atoms with Crippen molar-refractivity contribution in [3.63, 3.8) is 0 Å². The number of methoxy groups -OCH3 is 1. The lowest BCUT2D eigenvalue weighted by molar-refractivity contribution is -0.133. The van der Waals surface area contributed by atoms with E-state index in [-0.39, 0.29) is 11.9 Å². The molecule has 0 saturated carbocycles. The van der Waals surface area contributed by atoms with Crippen molar-refractivity contribution in [3.05, 3.63) is 52.2 Å². The number of nitrogens with one attached hydrogen (secondary N) is 1. The molecule has 2 aromatic rings. The van der Waals surface area contributed by atoms with Crippen LogP contribution in [0, 0.1) is 0 Å². The predicted molar refractivity (Wildman–Crippen MR) is 88.3 cm³/mol. The first-order valence-corrected chi connectivity index (χ1v) is 8.33. The van der Waals surface area contributed by atoms with Gasteiger partial charge in [0.2, 0.25) is 5.91 Å². The fourth-order valence-electron chi connectivity index (χ4n) is 2.89. The lowest BCUT2D eigenvalue weighted by Crippen LogP contribution is -2.49. The summed E-state index contributed by atoms with van der Waals surface area (Å²) in [5.74, 6) is 1.02. The Morgan fingerprint density at radius 3 is 3.00 bits per heavy atom. The van der Waals surface area contributed by atoms with Gasteiger partial charge in [0.25, 0.3) is 0 Å². The Kier molecular flexibility index (Phi) is 4.75. The van der Waals surface area contributed by atoms with Crippen LogP contribution in [0.15, 0.2) is 41.8 Å². The van der Waals surface area contributed by atoms with E-state index in [1.807, 2.05) is 46.7 Å². The Balaban J connectivity index is 1.83. The third kappa shape index (κ3) is 3.15. The Hall–Kier alpha value is -1.85. The van der Waals surface area contributed by atoms with E-state index in [9.17, 15) is 4.79 Å². The molecule has 1 aromatic heterocycles. The van der Waals surface area contributed by atoms with Crippen molar-refractivity contribution in [1.82, 2.24) is 10.2 Å². The quantitative estimate of drug-likeness (QED) is 0.942. The zero-order chi connectivity index (χ0) is 15.4. The molecule has 0 unspecified atom stereocenters. The third-order valence-electron chi connectivity index (χ3n) is 3.97. The number of hydrogen-bond acceptors (Lipinski definition) is 4. The lowest BCUT2D eigenvalue weighted by Gasteiger charge is -2.37. The first kappa shape index (κ1) is 15.1. The van der Waals surface area contributed by atoms with Crippen LogP contribution in [0.25, 0.3) is 0 Å². The van der Waals surface area contributed by atoms with Crippen LogP contribution < -0.4 is 10.1 Å². The van der Waals surface area contributed by atoms with Crippen LogP contribution in [0.3, 0.4) is 0 Å². The highest BCUT2D eigenvalue weighted by Crippen LogP contribution is 2.30. The van der Waals surface area contributed by atoms with E-state index in [1.54, 1.807) is 18.4 Å². The van der Waals surface area contributed by atoms with Crippen molar-refractivity contribution in [3.8, 4) is 5.75 Å². The monoisotopic (exact) mass is 316 g/mol. The molecule has 3 rings (SSSR count). The molecule has 1 aliphatic heterocycles. The van der Waals surface area contributed by atoms with Crippen molar-refractivity contribution < 1.29 is 9.53 Å². The van der Waals surface area contributed by atoms with Gasteiger partial charge >= 0.3 is 0 Å². The molecule has 0 aliphatic carbocycles. The standard InChI is InChI=1S/C17H20N2O2S/c1-21-16-7-3-2-6-14(16)15-12-18-8-9-19(15)17(20)11-13-5-4-10-22-13/h2-7,10,15,18H,8-9,11-12H2,1H3/t15-/m0/s1. The minimum Gasteiger partial charge on any atom is -0.496 e. The molecule has 5 heteroatoms. The molecule has 1 atom stereocenters. The number of nitrogens with zero attached hydrogens (tertiary/aromatic N) is 1. The van der Waals surface area contributed by atoms with Crippen LogP contribution in [0.5, 0.6) is 5.75 Å². The number of piperazine rings is 1. The molecule has 1 fully saturated rings. The Labute approximate surface area is 134 Å². The fraction of sp³-hybridized carbons (Fsp3) is 0.353. The summed E-state index contributed by atoms with van der Waals surface area (Å²) < 4.78 is 5.47. The molecule has 1 aliphatic rings. The number of amides is 1. The fourth-order valence-corrected chi connectivity index (χ4v) is 3.58. The Morgan fingerprint density at radius 1 is 1.36 bits per heavy atom. The first-order chi connectivity index (χ1) is 10.8. The maximum Gasteiger partial charge on any atom is 0.228 e. The highest BCUT2D eigenvalue weighted by atomic mass is 32.1.